The number of alkyl carbamates (subject to hydrolysis) is 1. The molecule has 1 aromatic carbocycles. The molecule has 1 aliphatic heterocycles. The molecule has 0 aromatic heterocycles. The summed E-state index contributed by atoms with van der Waals surface area (Å²) in [6.07, 6.45) is -2.91. The number of halogens is 3. The number of carbonyl (C=O) groups is 7. The number of aliphatic hydroxyl groups excluding tert-OH is 1. The molecule has 17 heteroatoms. The maximum atomic E-state index is 15.1. The summed E-state index contributed by atoms with van der Waals surface area (Å²) in [4.78, 5) is 93.3. The molecule has 3 rings (SSSR count). The largest absolute Gasteiger partial charge is 0.447 e. The highest BCUT2D eigenvalue weighted by Crippen LogP contribution is 2.33. The quantitative estimate of drug-likeness (QED) is 0.0957. The number of aliphatic hydroxyl groups is 1. The Balaban J connectivity index is 0.00000554. The summed E-state index contributed by atoms with van der Waals surface area (Å²) in [7, 11) is 0. The fourth-order valence-electron chi connectivity index (χ4n) is 7.10. The smallest absolute Gasteiger partial charge is 0.408 e. The average Bonchev–Trinajstić information content (AvgIpc) is 3.65. The summed E-state index contributed by atoms with van der Waals surface area (Å²) < 4.78 is 47.1. The third-order valence-corrected chi connectivity index (χ3v) is 9.59. The highest BCUT2D eigenvalue weighted by atomic mass is 19.3. The lowest BCUT2D eigenvalue weighted by Crippen LogP contribution is -2.59. The zero-order chi connectivity index (χ0) is 46.1. The summed E-state index contributed by atoms with van der Waals surface area (Å²) in [6, 6.07) is 2.38. The molecule has 5 amide bonds. The van der Waals surface area contributed by atoms with Gasteiger partial charge < -0.3 is 30.7 Å². The van der Waals surface area contributed by atoms with Gasteiger partial charge in [0.05, 0.1) is 18.2 Å². The number of rotatable bonds is 18. The van der Waals surface area contributed by atoms with E-state index in [9.17, 15) is 47.4 Å². The zero-order valence-corrected chi connectivity index (χ0v) is 37.1. The number of carbonyl (C=O) groups excluding carboxylic acids is 7. The van der Waals surface area contributed by atoms with Crippen molar-refractivity contribution in [1.82, 2.24) is 26.0 Å². The number of amides is 5. The number of alkyl halides is 2. The molecule has 14 nitrogen and oxygen atoms in total. The van der Waals surface area contributed by atoms with E-state index in [1.165, 1.54) is 18.7 Å². The van der Waals surface area contributed by atoms with E-state index in [0.29, 0.717) is 18.4 Å². The van der Waals surface area contributed by atoms with Gasteiger partial charge in [-0.15, -0.1) is 0 Å². The molecule has 4 N–H and O–H groups in total. The molecule has 342 valence electrons. The molecule has 0 radical (unpaired) electrons. The predicted molar refractivity (Wildman–Crippen MR) is 222 cm³/mol. The van der Waals surface area contributed by atoms with Crippen LogP contribution in [0.1, 0.15) is 139 Å². The first-order valence-electron chi connectivity index (χ1n) is 21.4. The van der Waals surface area contributed by atoms with Crippen LogP contribution in [-0.4, -0.2) is 106 Å². The molecule has 1 heterocycles. The maximum Gasteiger partial charge on any atom is 0.408 e. The molecule has 6 atom stereocenters. The van der Waals surface area contributed by atoms with Gasteiger partial charge in [-0.05, 0) is 77.2 Å². The van der Waals surface area contributed by atoms with E-state index in [-0.39, 0.29) is 25.3 Å². The molecule has 1 saturated carbocycles. The Kier molecular flexibility index (Phi) is 27.4. The van der Waals surface area contributed by atoms with Gasteiger partial charge in [0.15, 0.2) is 5.78 Å². The zero-order valence-electron chi connectivity index (χ0n) is 37.1. The van der Waals surface area contributed by atoms with Crippen molar-refractivity contribution in [3.05, 3.63) is 35.9 Å². The van der Waals surface area contributed by atoms with Crippen molar-refractivity contribution in [2.24, 2.45) is 11.8 Å². The van der Waals surface area contributed by atoms with Crippen molar-refractivity contribution in [2.45, 2.75) is 170 Å². The van der Waals surface area contributed by atoms with Crippen molar-refractivity contribution in [2.75, 3.05) is 13.1 Å². The second kappa shape index (κ2) is 29.6. The minimum absolute atomic E-state index is 0.0185. The Labute approximate surface area is 354 Å². The molecule has 2 fully saturated rings. The van der Waals surface area contributed by atoms with E-state index in [1.807, 2.05) is 41.5 Å². The van der Waals surface area contributed by atoms with Gasteiger partial charge in [-0.2, -0.15) is 5.12 Å². The maximum absolute atomic E-state index is 15.1. The topological polar surface area (TPSA) is 192 Å². The van der Waals surface area contributed by atoms with Crippen LogP contribution in [0.2, 0.25) is 0 Å². The normalized spacial score (nSPS) is 18.0. The summed E-state index contributed by atoms with van der Waals surface area (Å²) in [6.45, 7) is 16.6. The van der Waals surface area contributed by atoms with E-state index in [1.54, 1.807) is 44.2 Å². The molecule has 0 spiro atoms. The van der Waals surface area contributed by atoms with Crippen LogP contribution in [0.25, 0.3) is 0 Å². The summed E-state index contributed by atoms with van der Waals surface area (Å²) in [5.74, 6) is -7.75. The molecule has 0 bridgehead atoms. The highest BCUT2D eigenvalue weighted by molar-refractivity contribution is 6.38. The second-order valence-corrected chi connectivity index (χ2v) is 14.3. The Morgan fingerprint density at radius 3 is 1.95 bits per heavy atom. The van der Waals surface area contributed by atoms with E-state index < -0.39 is 115 Å². The van der Waals surface area contributed by atoms with E-state index in [4.69, 9.17) is 4.74 Å². The van der Waals surface area contributed by atoms with Crippen molar-refractivity contribution in [3.8, 4) is 0 Å². The minimum Gasteiger partial charge on any atom is -0.447 e. The van der Waals surface area contributed by atoms with Crippen LogP contribution >= 0.6 is 0 Å². The van der Waals surface area contributed by atoms with Gasteiger partial charge >= 0.3 is 12.0 Å². The van der Waals surface area contributed by atoms with Crippen LogP contribution in [0, 0.1) is 11.8 Å². The fourth-order valence-corrected chi connectivity index (χ4v) is 7.10. The number of likely N-dealkylation sites (tertiary alicyclic amines) is 1. The Hall–Kier alpha value is -4.54. The summed E-state index contributed by atoms with van der Waals surface area (Å²) >= 11 is 0. The number of Topliss-reactive ketones (excluding diaryl/α,β-unsaturated/α-hetero) is 2. The molecule has 1 saturated heterocycles. The van der Waals surface area contributed by atoms with Gasteiger partial charge in [0, 0.05) is 13.0 Å². The van der Waals surface area contributed by atoms with Gasteiger partial charge in [-0.25, -0.2) is 13.6 Å². The van der Waals surface area contributed by atoms with Crippen LogP contribution in [0.5, 0.6) is 0 Å². The van der Waals surface area contributed by atoms with E-state index in [2.05, 4.69) is 16.0 Å². The fraction of sp³-hybridized carbons (Fsp3) is 0.698. The molecular formula is C43H70F3N5O9. The van der Waals surface area contributed by atoms with Crippen molar-refractivity contribution >= 4 is 41.3 Å². The Morgan fingerprint density at radius 2 is 1.43 bits per heavy atom. The minimum atomic E-state index is -2.97. The molecule has 5 unspecified atom stereocenters. The van der Waals surface area contributed by atoms with E-state index >= 15 is 4.48 Å². The second-order valence-electron chi connectivity index (χ2n) is 14.3. The molecule has 1 aliphatic carbocycles. The third-order valence-electron chi connectivity index (χ3n) is 9.59. The monoisotopic (exact) mass is 858 g/mol. The van der Waals surface area contributed by atoms with Gasteiger partial charge in [0.1, 0.15) is 24.7 Å². The summed E-state index contributed by atoms with van der Waals surface area (Å²) in [5, 5.41) is 16.7. The van der Waals surface area contributed by atoms with Crippen LogP contribution < -0.4 is 16.0 Å². The number of nitrogens with one attached hydrogen (secondary N) is 3. The third kappa shape index (κ3) is 18.4. The van der Waals surface area contributed by atoms with Gasteiger partial charge in [0.25, 0.3) is 0 Å². The van der Waals surface area contributed by atoms with Crippen molar-refractivity contribution in [3.63, 3.8) is 0 Å². The highest BCUT2D eigenvalue weighted by Gasteiger charge is 2.47. The van der Waals surface area contributed by atoms with Crippen LogP contribution in [0.4, 0.5) is 18.1 Å². The molecule has 60 heavy (non-hydrogen) atoms. The Morgan fingerprint density at radius 1 is 0.850 bits per heavy atom. The lowest BCUT2D eigenvalue weighted by atomic mass is 9.83. The van der Waals surface area contributed by atoms with E-state index in [0.717, 1.165) is 19.3 Å². The molecule has 1 aromatic rings. The van der Waals surface area contributed by atoms with Gasteiger partial charge in [-0.1, -0.05) is 95.6 Å². The number of hydrogen-bond acceptors (Lipinski definition) is 9. The van der Waals surface area contributed by atoms with Crippen LogP contribution in [0.15, 0.2) is 30.3 Å². The van der Waals surface area contributed by atoms with Crippen molar-refractivity contribution < 1.29 is 56.7 Å². The predicted octanol–water partition coefficient (Wildman–Crippen LogP) is 6.40. The first-order chi connectivity index (χ1) is 28.5. The number of benzene rings is 1. The first kappa shape index (κ1) is 55.5. The standard InChI is InChI=1S/C37H52F3N5O9.3C2H6/c1-21(2)54-37(53)43-31(25-13-9-6-10-14-25)35(51)44-18-17-26(19-22(3)46)32(44)34(50)41-27(15-16-28(38)39)33(49)36(52)45(40)20-29(48)42-30(23(4)47)24-11-7-5-8-12-24;3*1-2/h5,7-8,11-12,21-22,25-28,30-32,46H,6,9-10,13-20H2,1-4H3,(H,41,50)(H,42,48)(H,43,53);3*1-2H3/t22?,26-,27?,30?,31?,32?;;;/m1.../s1. The lowest BCUT2D eigenvalue weighted by molar-refractivity contribution is -0.159. The van der Waals surface area contributed by atoms with Gasteiger partial charge in [-0.3, -0.25) is 28.8 Å². The number of ether oxygens (including phenoxy) is 1. The first-order valence-corrected chi connectivity index (χ1v) is 21.4. The Bertz CT molecular complexity index is 1480. The van der Waals surface area contributed by atoms with Crippen LogP contribution in [0.3, 0.4) is 0 Å². The average molecular weight is 858 g/mol. The molecular weight excluding hydrogens is 787 g/mol. The number of nitrogens with zero attached hydrogens (tertiary/aromatic N) is 2. The molecule has 2 aliphatic rings. The SMILES string of the molecule is CC.CC.CC.CC(=O)C(NC(=O)CN(F)C(=O)C(=O)C(CCC(F)F)NC(=O)C1[C@@H](CC(C)O)CCN1C(=O)C(NC(=O)OC(C)C)C1CCCCC1)c1ccccc1. The summed E-state index contributed by atoms with van der Waals surface area (Å²) in [5.41, 5.74) is 0.380. The number of ketones is 2. The number of hydrogen-bond donors (Lipinski definition) is 4. The van der Waals surface area contributed by atoms with Crippen molar-refractivity contribution in [1.29, 1.82) is 0 Å². The lowest BCUT2D eigenvalue weighted by Gasteiger charge is -2.36. The van der Waals surface area contributed by atoms with Gasteiger partial charge in [0.2, 0.25) is 29.9 Å². The van der Waals surface area contributed by atoms with Crippen LogP contribution in [-0.2, 0) is 33.5 Å².